The van der Waals surface area contributed by atoms with Gasteiger partial charge in [0.25, 0.3) is 0 Å². The Bertz CT molecular complexity index is 331. The smallest absolute Gasteiger partial charge is 0.202 e. The summed E-state index contributed by atoms with van der Waals surface area (Å²) in [5.74, 6) is 3.74. The lowest BCUT2D eigenvalue weighted by molar-refractivity contribution is 0.253. The van der Waals surface area contributed by atoms with Gasteiger partial charge in [0, 0.05) is 25.5 Å². The summed E-state index contributed by atoms with van der Waals surface area (Å²) in [5, 5.41) is 3.43. The first-order chi connectivity index (χ1) is 8.41. The largest absolute Gasteiger partial charge is 0.355 e. The quantitative estimate of drug-likeness (QED) is 0.797. The van der Waals surface area contributed by atoms with Gasteiger partial charge in [-0.05, 0) is 23.7 Å². The van der Waals surface area contributed by atoms with E-state index in [1.165, 1.54) is 0 Å². The minimum absolute atomic E-state index is 0.640. The molecule has 0 unspecified atom stereocenters. The van der Waals surface area contributed by atoms with Crippen molar-refractivity contribution >= 4 is 5.95 Å². The molecular weight excluding hydrogens is 222 g/mol. The number of rotatable bonds is 7. The maximum absolute atomic E-state index is 4.41. The van der Waals surface area contributed by atoms with Crippen LogP contribution in [0, 0.1) is 23.7 Å². The predicted molar refractivity (Wildman–Crippen MR) is 78.7 cm³/mol. The van der Waals surface area contributed by atoms with E-state index in [1.54, 1.807) is 0 Å². The Kier molecular flexibility index (Phi) is 5.70. The fraction of sp³-hybridized carbons (Fsp3) is 0.800. The van der Waals surface area contributed by atoms with Gasteiger partial charge in [-0.3, -0.25) is 0 Å². The Balaban J connectivity index is 2.68. The molecule has 104 valence electrons. The van der Waals surface area contributed by atoms with Crippen molar-refractivity contribution in [3.8, 4) is 0 Å². The number of nitrogens with one attached hydrogen (secondary N) is 1. The van der Waals surface area contributed by atoms with Crippen LogP contribution in [0.4, 0.5) is 5.95 Å². The van der Waals surface area contributed by atoms with Crippen LogP contribution in [0.15, 0.2) is 12.4 Å². The van der Waals surface area contributed by atoms with Gasteiger partial charge in [0.2, 0.25) is 5.95 Å². The van der Waals surface area contributed by atoms with Gasteiger partial charge in [-0.15, -0.1) is 0 Å². The minimum Gasteiger partial charge on any atom is -0.355 e. The van der Waals surface area contributed by atoms with Crippen LogP contribution in [0.1, 0.15) is 41.5 Å². The highest BCUT2D eigenvalue weighted by atomic mass is 15.2. The van der Waals surface area contributed by atoms with Crippen molar-refractivity contribution in [1.29, 1.82) is 0 Å². The molecule has 0 atom stereocenters. The van der Waals surface area contributed by atoms with Crippen LogP contribution in [0.2, 0.25) is 0 Å². The van der Waals surface area contributed by atoms with E-state index in [2.05, 4.69) is 62.6 Å². The molecule has 0 saturated heterocycles. The zero-order valence-corrected chi connectivity index (χ0v) is 12.8. The number of anilines is 1. The van der Waals surface area contributed by atoms with Gasteiger partial charge in [0.05, 0.1) is 0 Å². The molecule has 0 saturated carbocycles. The second-order valence-electron chi connectivity index (χ2n) is 6.33. The van der Waals surface area contributed by atoms with Crippen molar-refractivity contribution in [2.45, 2.75) is 48.1 Å². The zero-order valence-electron chi connectivity index (χ0n) is 12.8. The standard InChI is InChI=1S/C15H29N3/c1-11(2)9-17-15-16-7-8-18(15)10-14(12(3)4)13(5)6/h7-8,11-14H,9-10H2,1-6H3,(H,16,17). The number of imidazole rings is 1. The molecule has 0 amide bonds. The lowest BCUT2D eigenvalue weighted by Gasteiger charge is -2.26. The molecular formula is C15H29N3. The van der Waals surface area contributed by atoms with E-state index in [9.17, 15) is 0 Å². The van der Waals surface area contributed by atoms with Crippen LogP contribution in [0.5, 0.6) is 0 Å². The van der Waals surface area contributed by atoms with Crippen LogP contribution in [-0.2, 0) is 6.54 Å². The summed E-state index contributed by atoms with van der Waals surface area (Å²) in [5.41, 5.74) is 0. The molecule has 1 N–H and O–H groups in total. The first-order valence-electron chi connectivity index (χ1n) is 7.16. The summed E-state index contributed by atoms with van der Waals surface area (Å²) >= 11 is 0. The summed E-state index contributed by atoms with van der Waals surface area (Å²) < 4.78 is 2.26. The van der Waals surface area contributed by atoms with Gasteiger partial charge < -0.3 is 9.88 Å². The third-order valence-corrected chi connectivity index (χ3v) is 3.50. The van der Waals surface area contributed by atoms with Crippen LogP contribution in [0.25, 0.3) is 0 Å². The molecule has 3 heteroatoms. The predicted octanol–water partition coefficient (Wildman–Crippen LogP) is 3.88. The van der Waals surface area contributed by atoms with Crippen molar-refractivity contribution in [2.75, 3.05) is 11.9 Å². The molecule has 0 aliphatic heterocycles. The molecule has 1 heterocycles. The summed E-state index contributed by atoms with van der Waals surface area (Å²) in [6.45, 7) is 15.7. The van der Waals surface area contributed by atoms with Crippen LogP contribution in [0.3, 0.4) is 0 Å². The van der Waals surface area contributed by atoms with Gasteiger partial charge in [-0.1, -0.05) is 41.5 Å². The third kappa shape index (κ3) is 4.35. The van der Waals surface area contributed by atoms with E-state index in [4.69, 9.17) is 0 Å². The Hall–Kier alpha value is -0.990. The van der Waals surface area contributed by atoms with E-state index < -0.39 is 0 Å². The molecule has 1 aromatic rings. The van der Waals surface area contributed by atoms with Gasteiger partial charge >= 0.3 is 0 Å². The molecule has 0 radical (unpaired) electrons. The molecule has 0 spiro atoms. The summed E-state index contributed by atoms with van der Waals surface area (Å²) in [4.78, 5) is 4.41. The third-order valence-electron chi connectivity index (χ3n) is 3.50. The normalized spacial score (nSPS) is 12.1. The number of nitrogens with zero attached hydrogens (tertiary/aromatic N) is 2. The Labute approximate surface area is 112 Å². The van der Waals surface area contributed by atoms with Crippen molar-refractivity contribution in [2.24, 2.45) is 23.7 Å². The Morgan fingerprint density at radius 1 is 1.11 bits per heavy atom. The average molecular weight is 251 g/mol. The van der Waals surface area contributed by atoms with Crippen molar-refractivity contribution in [1.82, 2.24) is 9.55 Å². The molecule has 1 rings (SSSR count). The molecule has 0 aliphatic rings. The first-order valence-corrected chi connectivity index (χ1v) is 7.16. The Morgan fingerprint density at radius 2 is 1.72 bits per heavy atom. The minimum atomic E-state index is 0.640. The monoisotopic (exact) mass is 251 g/mol. The zero-order chi connectivity index (χ0) is 13.7. The van der Waals surface area contributed by atoms with Crippen molar-refractivity contribution in [3.63, 3.8) is 0 Å². The molecule has 0 bridgehead atoms. The van der Waals surface area contributed by atoms with Gasteiger partial charge in [0.15, 0.2) is 0 Å². The van der Waals surface area contributed by atoms with Gasteiger partial charge in [-0.25, -0.2) is 4.98 Å². The maximum Gasteiger partial charge on any atom is 0.202 e. The summed E-state index contributed by atoms with van der Waals surface area (Å²) in [7, 11) is 0. The SMILES string of the molecule is CC(C)CNc1nccn1CC(C(C)C)C(C)C. The fourth-order valence-electron chi connectivity index (χ4n) is 2.34. The fourth-order valence-corrected chi connectivity index (χ4v) is 2.34. The first kappa shape index (κ1) is 15.1. The van der Waals surface area contributed by atoms with Gasteiger partial charge in [-0.2, -0.15) is 0 Å². The Morgan fingerprint density at radius 3 is 2.22 bits per heavy atom. The average Bonchev–Trinajstić information content (AvgIpc) is 2.69. The van der Waals surface area contributed by atoms with E-state index in [-0.39, 0.29) is 0 Å². The van der Waals surface area contributed by atoms with E-state index in [0.29, 0.717) is 23.7 Å². The van der Waals surface area contributed by atoms with E-state index in [1.807, 2.05) is 6.20 Å². The molecule has 1 aromatic heterocycles. The van der Waals surface area contributed by atoms with Crippen molar-refractivity contribution < 1.29 is 0 Å². The van der Waals surface area contributed by atoms with E-state index >= 15 is 0 Å². The number of hydrogen-bond acceptors (Lipinski definition) is 2. The number of hydrogen-bond donors (Lipinski definition) is 1. The number of aromatic nitrogens is 2. The van der Waals surface area contributed by atoms with Crippen LogP contribution >= 0.6 is 0 Å². The molecule has 0 aliphatic carbocycles. The lowest BCUT2D eigenvalue weighted by atomic mass is 9.85. The highest BCUT2D eigenvalue weighted by Gasteiger charge is 2.19. The molecule has 18 heavy (non-hydrogen) atoms. The van der Waals surface area contributed by atoms with Crippen LogP contribution < -0.4 is 5.32 Å². The van der Waals surface area contributed by atoms with Crippen LogP contribution in [-0.4, -0.2) is 16.1 Å². The maximum atomic E-state index is 4.41. The second kappa shape index (κ2) is 6.81. The summed E-state index contributed by atoms with van der Waals surface area (Å²) in [6.07, 6.45) is 3.97. The molecule has 3 nitrogen and oxygen atoms in total. The topological polar surface area (TPSA) is 29.9 Å². The van der Waals surface area contributed by atoms with E-state index in [0.717, 1.165) is 19.0 Å². The molecule has 0 aromatic carbocycles. The summed E-state index contributed by atoms with van der Waals surface area (Å²) in [6, 6.07) is 0. The van der Waals surface area contributed by atoms with Crippen molar-refractivity contribution in [3.05, 3.63) is 12.4 Å². The van der Waals surface area contributed by atoms with Gasteiger partial charge in [0.1, 0.15) is 0 Å². The lowest BCUT2D eigenvalue weighted by Crippen LogP contribution is -2.23. The molecule has 0 fully saturated rings. The highest BCUT2D eigenvalue weighted by molar-refractivity contribution is 5.25. The second-order valence-corrected chi connectivity index (χ2v) is 6.33. The highest BCUT2D eigenvalue weighted by Crippen LogP contribution is 2.23.